The van der Waals surface area contributed by atoms with E-state index in [0.717, 1.165) is 25.0 Å². The van der Waals surface area contributed by atoms with Gasteiger partial charge < -0.3 is 0 Å². The van der Waals surface area contributed by atoms with E-state index in [1.807, 2.05) is 12.3 Å². The molecule has 0 aromatic carbocycles. The molecule has 0 spiro atoms. The van der Waals surface area contributed by atoms with E-state index in [1.165, 1.54) is 34.3 Å². The molecule has 0 amide bonds. The van der Waals surface area contributed by atoms with Crippen LogP contribution < -0.4 is 0 Å². The highest BCUT2D eigenvalue weighted by atomic mass is 14.7. The number of pyridine rings is 1. The summed E-state index contributed by atoms with van der Waals surface area (Å²) in [6.07, 6.45) is 8.79. The lowest BCUT2D eigenvalue weighted by Crippen LogP contribution is -2.28. The maximum absolute atomic E-state index is 4.60. The second-order valence-corrected chi connectivity index (χ2v) is 6.69. The van der Waals surface area contributed by atoms with Crippen LogP contribution in [0.4, 0.5) is 0 Å². The second-order valence-electron chi connectivity index (χ2n) is 6.69. The van der Waals surface area contributed by atoms with Gasteiger partial charge in [-0.05, 0) is 63.3 Å². The number of hydrogen-bond donors (Lipinski definition) is 0. The van der Waals surface area contributed by atoms with E-state index in [4.69, 9.17) is 0 Å². The van der Waals surface area contributed by atoms with Crippen LogP contribution in [0.25, 0.3) is 5.57 Å². The summed E-state index contributed by atoms with van der Waals surface area (Å²) in [6.45, 7) is 15.7. The molecular weight excluding hydrogens is 266 g/mol. The molecule has 1 aliphatic carbocycles. The molecule has 0 N–H and O–H groups in total. The first kappa shape index (κ1) is 16.7. The van der Waals surface area contributed by atoms with E-state index < -0.39 is 0 Å². The minimum Gasteiger partial charge on any atom is -0.257 e. The van der Waals surface area contributed by atoms with Gasteiger partial charge in [0.05, 0.1) is 5.69 Å². The van der Waals surface area contributed by atoms with Gasteiger partial charge >= 0.3 is 0 Å². The first-order valence-electron chi connectivity index (χ1n) is 8.44. The topological polar surface area (TPSA) is 12.9 Å². The summed E-state index contributed by atoms with van der Waals surface area (Å²) in [7, 11) is 0. The van der Waals surface area contributed by atoms with Crippen LogP contribution in [0.15, 0.2) is 47.7 Å². The molecule has 0 fully saturated rings. The van der Waals surface area contributed by atoms with Gasteiger partial charge in [-0.2, -0.15) is 0 Å². The van der Waals surface area contributed by atoms with Crippen LogP contribution in [0.1, 0.15) is 64.6 Å². The summed E-state index contributed by atoms with van der Waals surface area (Å²) in [4.78, 5) is 4.60. The molecule has 1 aromatic rings. The fourth-order valence-electron chi connectivity index (χ4n) is 3.62. The molecule has 1 atom stereocenters. The van der Waals surface area contributed by atoms with Crippen molar-refractivity contribution in [1.82, 2.24) is 4.98 Å². The third-order valence-corrected chi connectivity index (χ3v) is 5.17. The molecule has 118 valence electrons. The number of aryl methyl sites for hydroxylation is 1. The minimum absolute atomic E-state index is 0.0421. The Hall–Kier alpha value is -1.63. The second kappa shape index (κ2) is 6.64. The van der Waals surface area contributed by atoms with E-state index in [9.17, 15) is 0 Å². The van der Waals surface area contributed by atoms with Crippen molar-refractivity contribution in [2.24, 2.45) is 5.41 Å². The molecule has 2 rings (SSSR count). The monoisotopic (exact) mass is 295 g/mol. The van der Waals surface area contributed by atoms with Crippen molar-refractivity contribution < 1.29 is 0 Å². The Kier molecular flexibility index (Phi) is 5.05. The Morgan fingerprint density at radius 1 is 1.27 bits per heavy atom. The average Bonchev–Trinajstić information content (AvgIpc) is 2.50. The standard InChI is InChI=1S/C21H29N/c1-7-9-19-13-16(4)17(5)14-21(19,8-2)18(6)20-12-15(3)10-11-22-20/h10-13H,6-9,14H2,1-5H3. The van der Waals surface area contributed by atoms with E-state index in [-0.39, 0.29) is 5.41 Å². The maximum Gasteiger partial charge on any atom is 0.0667 e. The highest BCUT2D eigenvalue weighted by Gasteiger charge is 2.38. The van der Waals surface area contributed by atoms with Crippen molar-refractivity contribution in [2.75, 3.05) is 0 Å². The van der Waals surface area contributed by atoms with Crippen LogP contribution in [0.5, 0.6) is 0 Å². The quantitative estimate of drug-likeness (QED) is 0.624. The van der Waals surface area contributed by atoms with Gasteiger partial charge in [0.25, 0.3) is 0 Å². The van der Waals surface area contributed by atoms with E-state index in [0.29, 0.717) is 0 Å². The molecule has 1 unspecified atom stereocenters. The van der Waals surface area contributed by atoms with Crippen molar-refractivity contribution in [2.45, 2.75) is 60.3 Å². The number of allylic oxidation sites excluding steroid dienone is 5. The number of rotatable bonds is 5. The van der Waals surface area contributed by atoms with Crippen LogP contribution in [-0.2, 0) is 0 Å². The molecular formula is C21H29N. The zero-order valence-electron chi connectivity index (χ0n) is 14.8. The normalized spacial score (nSPS) is 21.8. The van der Waals surface area contributed by atoms with Crippen LogP contribution >= 0.6 is 0 Å². The fraction of sp³-hybridized carbons (Fsp3) is 0.476. The van der Waals surface area contributed by atoms with Crippen LogP contribution in [-0.4, -0.2) is 4.98 Å². The van der Waals surface area contributed by atoms with Crippen molar-refractivity contribution in [1.29, 1.82) is 0 Å². The van der Waals surface area contributed by atoms with Gasteiger partial charge in [0.1, 0.15) is 0 Å². The van der Waals surface area contributed by atoms with Crippen molar-refractivity contribution in [3.8, 4) is 0 Å². The van der Waals surface area contributed by atoms with Crippen LogP contribution in [0.2, 0.25) is 0 Å². The lowest BCUT2D eigenvalue weighted by atomic mass is 9.63. The number of aromatic nitrogens is 1. The van der Waals surface area contributed by atoms with Gasteiger partial charge in [0.15, 0.2) is 0 Å². The Balaban J connectivity index is 2.51. The van der Waals surface area contributed by atoms with Crippen LogP contribution in [0, 0.1) is 12.3 Å². The molecule has 0 radical (unpaired) electrons. The summed E-state index contributed by atoms with van der Waals surface area (Å²) < 4.78 is 0. The lowest BCUT2D eigenvalue weighted by Gasteiger charge is -2.41. The highest BCUT2D eigenvalue weighted by molar-refractivity contribution is 5.71. The number of nitrogens with zero attached hydrogens (tertiary/aromatic N) is 1. The molecule has 0 aliphatic heterocycles. The molecule has 0 bridgehead atoms. The molecule has 22 heavy (non-hydrogen) atoms. The first-order chi connectivity index (χ1) is 10.4. The molecule has 1 aliphatic rings. The molecule has 0 saturated carbocycles. The minimum atomic E-state index is 0.0421. The predicted octanol–water partition coefficient (Wildman–Crippen LogP) is 6.27. The van der Waals surface area contributed by atoms with Gasteiger partial charge in [-0.1, -0.05) is 49.6 Å². The summed E-state index contributed by atoms with van der Waals surface area (Å²) in [5.74, 6) is 0. The smallest absolute Gasteiger partial charge is 0.0667 e. The summed E-state index contributed by atoms with van der Waals surface area (Å²) in [5, 5.41) is 0. The van der Waals surface area contributed by atoms with Gasteiger partial charge in [-0.25, -0.2) is 0 Å². The molecule has 0 saturated heterocycles. The fourth-order valence-corrected chi connectivity index (χ4v) is 3.62. The Labute approximate surface area is 135 Å². The van der Waals surface area contributed by atoms with Crippen LogP contribution in [0.3, 0.4) is 0 Å². The van der Waals surface area contributed by atoms with Crippen molar-refractivity contribution >= 4 is 5.57 Å². The third-order valence-electron chi connectivity index (χ3n) is 5.17. The first-order valence-corrected chi connectivity index (χ1v) is 8.44. The average molecular weight is 295 g/mol. The predicted molar refractivity (Wildman–Crippen MR) is 96.7 cm³/mol. The largest absolute Gasteiger partial charge is 0.257 e. The maximum atomic E-state index is 4.60. The summed E-state index contributed by atoms with van der Waals surface area (Å²) >= 11 is 0. The van der Waals surface area contributed by atoms with Crippen molar-refractivity contribution in [3.63, 3.8) is 0 Å². The Bertz CT molecular complexity index is 633. The molecule has 1 heteroatoms. The number of hydrogen-bond acceptors (Lipinski definition) is 1. The van der Waals surface area contributed by atoms with Gasteiger partial charge in [0, 0.05) is 11.6 Å². The SMILES string of the molecule is C=C(c1cc(C)ccn1)C1(CC)CC(C)=C(C)C=C1CCC. The summed E-state index contributed by atoms with van der Waals surface area (Å²) in [5.41, 5.74) is 7.97. The Morgan fingerprint density at radius 3 is 2.59 bits per heavy atom. The Morgan fingerprint density at radius 2 is 2.00 bits per heavy atom. The van der Waals surface area contributed by atoms with E-state index in [1.54, 1.807) is 0 Å². The highest BCUT2D eigenvalue weighted by Crippen LogP contribution is 2.52. The van der Waals surface area contributed by atoms with Gasteiger partial charge in [-0.15, -0.1) is 0 Å². The van der Waals surface area contributed by atoms with E-state index >= 15 is 0 Å². The molecule has 1 nitrogen and oxygen atoms in total. The van der Waals surface area contributed by atoms with Gasteiger partial charge in [-0.3, -0.25) is 4.98 Å². The molecule has 1 aromatic heterocycles. The van der Waals surface area contributed by atoms with Gasteiger partial charge in [0.2, 0.25) is 0 Å². The molecule has 1 heterocycles. The van der Waals surface area contributed by atoms with Crippen molar-refractivity contribution in [3.05, 3.63) is 59.0 Å². The summed E-state index contributed by atoms with van der Waals surface area (Å²) in [6, 6.07) is 4.22. The van der Waals surface area contributed by atoms with E-state index in [2.05, 4.69) is 58.3 Å². The third kappa shape index (κ3) is 2.95. The lowest BCUT2D eigenvalue weighted by molar-refractivity contribution is 0.429. The zero-order valence-corrected chi connectivity index (χ0v) is 14.8. The zero-order chi connectivity index (χ0) is 16.3.